The summed E-state index contributed by atoms with van der Waals surface area (Å²) in [6, 6.07) is 6.65. The summed E-state index contributed by atoms with van der Waals surface area (Å²) < 4.78 is 40.5. The third kappa shape index (κ3) is 3.12. The fraction of sp³-hybridized carbons (Fsp3) is 0.143. The molecule has 0 aromatic heterocycles. The second-order valence-electron chi connectivity index (χ2n) is 4.21. The van der Waals surface area contributed by atoms with Gasteiger partial charge >= 0.3 is 0 Å². The Hall–Kier alpha value is -1.00. The SMILES string of the molecule is Cc1cc(Br)cc(C(Cl)c2cc(F)c(F)cc2F)c1. The highest BCUT2D eigenvalue weighted by atomic mass is 79.9. The molecule has 5 heteroatoms. The standard InChI is InChI=1S/C14H9BrClF3/c1-7-2-8(4-9(15)3-7)14(16)10-5-12(18)13(19)6-11(10)17/h2-6,14H,1H3. The Morgan fingerprint density at radius 3 is 2.21 bits per heavy atom. The molecule has 2 rings (SSSR count). The topological polar surface area (TPSA) is 0 Å². The summed E-state index contributed by atoms with van der Waals surface area (Å²) in [5.74, 6) is -3.21. The smallest absolute Gasteiger partial charge is 0.161 e. The molecule has 0 fully saturated rings. The molecule has 0 radical (unpaired) electrons. The summed E-state index contributed by atoms with van der Waals surface area (Å²) in [4.78, 5) is 0. The molecule has 0 aliphatic carbocycles. The highest BCUT2D eigenvalue weighted by Gasteiger charge is 2.19. The summed E-state index contributed by atoms with van der Waals surface area (Å²) in [7, 11) is 0. The molecule has 1 unspecified atom stereocenters. The Bertz CT molecular complexity index is 608. The maximum absolute atomic E-state index is 13.7. The number of aryl methyl sites for hydroxylation is 1. The first-order valence-electron chi connectivity index (χ1n) is 5.44. The maximum Gasteiger partial charge on any atom is 0.161 e. The fourth-order valence-electron chi connectivity index (χ4n) is 1.82. The zero-order valence-corrected chi connectivity index (χ0v) is 12.2. The van der Waals surface area contributed by atoms with Gasteiger partial charge in [0.05, 0.1) is 5.38 Å². The average Bonchev–Trinajstić information content (AvgIpc) is 2.31. The predicted molar refractivity (Wildman–Crippen MR) is 72.9 cm³/mol. The highest BCUT2D eigenvalue weighted by Crippen LogP contribution is 2.33. The van der Waals surface area contributed by atoms with Crippen molar-refractivity contribution in [3.8, 4) is 0 Å². The molecule has 1 atom stereocenters. The lowest BCUT2D eigenvalue weighted by molar-refractivity contribution is 0.490. The molecule has 0 saturated heterocycles. The van der Waals surface area contributed by atoms with Gasteiger partial charge in [0.15, 0.2) is 11.6 Å². The van der Waals surface area contributed by atoms with E-state index in [1.54, 1.807) is 12.1 Å². The second kappa shape index (κ2) is 5.55. The number of alkyl halides is 1. The van der Waals surface area contributed by atoms with Gasteiger partial charge < -0.3 is 0 Å². The zero-order chi connectivity index (χ0) is 14.2. The van der Waals surface area contributed by atoms with Gasteiger partial charge in [-0.3, -0.25) is 0 Å². The number of hydrogen-bond donors (Lipinski definition) is 0. The van der Waals surface area contributed by atoms with Crippen LogP contribution in [-0.2, 0) is 0 Å². The Labute approximate surface area is 122 Å². The minimum atomic E-state index is -1.23. The molecular weight excluding hydrogens is 341 g/mol. The molecule has 0 aliphatic rings. The first kappa shape index (κ1) is 14.4. The van der Waals surface area contributed by atoms with E-state index in [0.717, 1.165) is 16.1 Å². The number of benzene rings is 2. The molecule has 19 heavy (non-hydrogen) atoms. The highest BCUT2D eigenvalue weighted by molar-refractivity contribution is 9.10. The van der Waals surface area contributed by atoms with E-state index in [2.05, 4.69) is 15.9 Å². The first-order valence-corrected chi connectivity index (χ1v) is 6.67. The van der Waals surface area contributed by atoms with Crippen LogP contribution in [0.4, 0.5) is 13.2 Å². The van der Waals surface area contributed by atoms with E-state index >= 15 is 0 Å². The molecule has 0 nitrogen and oxygen atoms in total. The van der Waals surface area contributed by atoms with Crippen molar-refractivity contribution >= 4 is 27.5 Å². The van der Waals surface area contributed by atoms with Crippen LogP contribution in [-0.4, -0.2) is 0 Å². The van der Waals surface area contributed by atoms with Crippen LogP contribution in [0.3, 0.4) is 0 Å². The van der Waals surface area contributed by atoms with Gasteiger partial charge in [0.25, 0.3) is 0 Å². The normalized spacial score (nSPS) is 12.5. The van der Waals surface area contributed by atoms with Gasteiger partial charge in [0.1, 0.15) is 5.82 Å². The molecule has 0 spiro atoms. The van der Waals surface area contributed by atoms with E-state index in [1.165, 1.54) is 0 Å². The lowest BCUT2D eigenvalue weighted by atomic mass is 10.0. The zero-order valence-electron chi connectivity index (χ0n) is 9.85. The van der Waals surface area contributed by atoms with Crippen molar-refractivity contribution in [3.05, 3.63) is 68.9 Å². The number of hydrogen-bond acceptors (Lipinski definition) is 0. The van der Waals surface area contributed by atoms with Crippen LogP contribution in [0.2, 0.25) is 0 Å². The Morgan fingerprint density at radius 2 is 1.58 bits per heavy atom. The van der Waals surface area contributed by atoms with Crippen molar-refractivity contribution < 1.29 is 13.2 Å². The van der Waals surface area contributed by atoms with E-state index in [9.17, 15) is 13.2 Å². The monoisotopic (exact) mass is 348 g/mol. The van der Waals surface area contributed by atoms with E-state index in [0.29, 0.717) is 11.6 Å². The van der Waals surface area contributed by atoms with Crippen LogP contribution in [0, 0.1) is 24.4 Å². The summed E-state index contributed by atoms with van der Waals surface area (Å²) in [5.41, 5.74) is 1.45. The van der Waals surface area contributed by atoms with Gasteiger partial charge in [-0.1, -0.05) is 22.0 Å². The van der Waals surface area contributed by atoms with E-state index in [-0.39, 0.29) is 5.56 Å². The Morgan fingerprint density at radius 1 is 0.947 bits per heavy atom. The van der Waals surface area contributed by atoms with Crippen molar-refractivity contribution in [3.63, 3.8) is 0 Å². The van der Waals surface area contributed by atoms with Crippen LogP contribution >= 0.6 is 27.5 Å². The molecule has 0 aliphatic heterocycles. The molecular formula is C14H9BrClF3. The summed E-state index contributed by atoms with van der Waals surface area (Å²) in [5, 5.41) is -0.883. The lowest BCUT2D eigenvalue weighted by Gasteiger charge is -2.13. The third-order valence-electron chi connectivity index (χ3n) is 2.67. The first-order chi connectivity index (χ1) is 8.88. The molecule has 0 N–H and O–H groups in total. The van der Waals surface area contributed by atoms with E-state index < -0.39 is 22.8 Å². The number of rotatable bonds is 2. The van der Waals surface area contributed by atoms with Gasteiger partial charge in [-0.2, -0.15) is 0 Å². The molecule has 2 aromatic rings. The summed E-state index contributed by atoms with van der Waals surface area (Å²) >= 11 is 9.47. The van der Waals surface area contributed by atoms with Crippen LogP contribution in [0.15, 0.2) is 34.8 Å². The van der Waals surface area contributed by atoms with Gasteiger partial charge in [-0.25, -0.2) is 13.2 Å². The predicted octanol–water partition coefficient (Wildman–Crippen LogP) is 5.50. The molecule has 100 valence electrons. The van der Waals surface area contributed by atoms with Crippen molar-refractivity contribution in [1.29, 1.82) is 0 Å². The Kier molecular flexibility index (Phi) is 4.21. The minimum absolute atomic E-state index is 0.0851. The lowest BCUT2D eigenvalue weighted by Crippen LogP contribution is -2.00. The van der Waals surface area contributed by atoms with Gasteiger partial charge in [-0.05, 0) is 36.2 Å². The fourth-order valence-corrected chi connectivity index (χ4v) is 2.74. The van der Waals surface area contributed by atoms with Crippen LogP contribution < -0.4 is 0 Å². The quantitative estimate of drug-likeness (QED) is 0.496. The van der Waals surface area contributed by atoms with Crippen LogP contribution in [0.1, 0.15) is 22.1 Å². The third-order valence-corrected chi connectivity index (χ3v) is 3.61. The van der Waals surface area contributed by atoms with Crippen LogP contribution in [0.25, 0.3) is 0 Å². The average molecular weight is 350 g/mol. The maximum atomic E-state index is 13.7. The van der Waals surface area contributed by atoms with Crippen molar-refractivity contribution in [2.45, 2.75) is 12.3 Å². The van der Waals surface area contributed by atoms with E-state index in [1.807, 2.05) is 13.0 Å². The number of halogens is 5. The largest absolute Gasteiger partial charge is 0.207 e. The van der Waals surface area contributed by atoms with Crippen molar-refractivity contribution in [1.82, 2.24) is 0 Å². The molecule has 2 aromatic carbocycles. The Balaban J connectivity index is 2.49. The van der Waals surface area contributed by atoms with Gasteiger partial charge in [0, 0.05) is 16.1 Å². The summed E-state index contributed by atoms with van der Waals surface area (Å²) in [6.45, 7) is 1.86. The second-order valence-corrected chi connectivity index (χ2v) is 5.56. The van der Waals surface area contributed by atoms with Gasteiger partial charge in [-0.15, -0.1) is 11.6 Å². The van der Waals surface area contributed by atoms with Crippen molar-refractivity contribution in [2.75, 3.05) is 0 Å². The molecule has 0 heterocycles. The van der Waals surface area contributed by atoms with Crippen molar-refractivity contribution in [2.24, 2.45) is 0 Å². The summed E-state index contributed by atoms with van der Waals surface area (Å²) in [6.07, 6.45) is 0. The molecule has 0 bridgehead atoms. The molecule has 0 amide bonds. The van der Waals surface area contributed by atoms with Crippen LogP contribution in [0.5, 0.6) is 0 Å². The van der Waals surface area contributed by atoms with Gasteiger partial charge in [0.2, 0.25) is 0 Å². The van der Waals surface area contributed by atoms with E-state index in [4.69, 9.17) is 11.6 Å². The minimum Gasteiger partial charge on any atom is -0.207 e. The molecule has 0 saturated carbocycles.